The molecule has 0 radical (unpaired) electrons. The van der Waals surface area contributed by atoms with Crippen LogP contribution in [0.5, 0.6) is 0 Å². The summed E-state index contributed by atoms with van der Waals surface area (Å²) in [6.07, 6.45) is 8.24. The smallest absolute Gasteiger partial charge is 0.00183 e. The van der Waals surface area contributed by atoms with Crippen molar-refractivity contribution < 1.29 is 0 Å². The van der Waals surface area contributed by atoms with Crippen LogP contribution in [-0.2, 0) is 0 Å². The summed E-state index contributed by atoms with van der Waals surface area (Å²) in [7, 11) is 0. The normalized spacial score (nSPS) is 13.6. The highest BCUT2D eigenvalue weighted by atomic mass is 15.1. The molecule has 1 fully saturated rings. The Balaban J connectivity index is -0.000000208. The van der Waals surface area contributed by atoms with Crippen LogP contribution >= 0.6 is 0 Å². The second-order valence-electron chi connectivity index (χ2n) is 3.90. The Kier molecular flexibility index (Phi) is 32.6. The zero-order chi connectivity index (χ0) is 13.9. The van der Waals surface area contributed by atoms with E-state index in [2.05, 4.69) is 25.7 Å². The molecule has 1 aliphatic rings. The minimum atomic E-state index is 1.32. The van der Waals surface area contributed by atoms with E-state index < -0.39 is 0 Å². The van der Waals surface area contributed by atoms with Crippen molar-refractivity contribution in [3.63, 3.8) is 0 Å². The van der Waals surface area contributed by atoms with Crippen molar-refractivity contribution in [2.75, 3.05) is 19.6 Å². The third-order valence-corrected chi connectivity index (χ3v) is 2.53. The quantitative estimate of drug-likeness (QED) is 0.610. The van der Waals surface area contributed by atoms with Gasteiger partial charge in [-0.05, 0) is 38.9 Å². The van der Waals surface area contributed by atoms with Crippen LogP contribution in [0.4, 0.5) is 0 Å². The summed E-state index contributed by atoms with van der Waals surface area (Å²) in [5, 5.41) is 0. The minimum Gasteiger partial charge on any atom is -0.303 e. The maximum Gasteiger partial charge on any atom is -0.00183 e. The van der Waals surface area contributed by atoms with Gasteiger partial charge in [-0.25, -0.2) is 0 Å². The second kappa shape index (κ2) is 25.0. The summed E-state index contributed by atoms with van der Waals surface area (Å²) in [5.74, 6) is 0. The van der Waals surface area contributed by atoms with Gasteiger partial charge in [0, 0.05) is 0 Å². The lowest BCUT2D eigenvalue weighted by Gasteiger charge is -2.12. The van der Waals surface area contributed by atoms with Crippen molar-refractivity contribution >= 4 is 0 Å². The molecule has 0 unspecified atom stereocenters. The van der Waals surface area contributed by atoms with Gasteiger partial charge in [0.1, 0.15) is 0 Å². The van der Waals surface area contributed by atoms with E-state index in [-0.39, 0.29) is 0 Å². The lowest BCUT2D eigenvalue weighted by molar-refractivity contribution is 0.332. The van der Waals surface area contributed by atoms with Gasteiger partial charge < -0.3 is 4.90 Å². The Morgan fingerprint density at radius 1 is 0.706 bits per heavy atom. The predicted molar refractivity (Wildman–Crippen MR) is 83.9 cm³/mol. The molecule has 0 aromatic rings. The maximum atomic E-state index is 2.57. The number of rotatable bonds is 4. The summed E-state index contributed by atoms with van der Waals surface area (Å²) in [4.78, 5) is 2.57. The Hall–Kier alpha value is -0.0400. The van der Waals surface area contributed by atoms with E-state index in [1.165, 1.54) is 58.2 Å². The Bertz CT molecular complexity index is 83.5. The fourth-order valence-electron chi connectivity index (χ4n) is 1.39. The van der Waals surface area contributed by atoms with Gasteiger partial charge >= 0.3 is 0 Å². The molecule has 0 spiro atoms. The van der Waals surface area contributed by atoms with Crippen LogP contribution < -0.4 is 0 Å². The fraction of sp³-hybridized carbons (Fsp3) is 1.00. The maximum absolute atomic E-state index is 2.57. The van der Waals surface area contributed by atoms with E-state index in [1.54, 1.807) is 0 Å². The molecule has 108 valence electrons. The lowest BCUT2D eigenvalue weighted by Crippen LogP contribution is -2.19. The van der Waals surface area contributed by atoms with E-state index in [9.17, 15) is 0 Å². The highest BCUT2D eigenvalue weighted by Crippen LogP contribution is 2.07. The molecule has 0 saturated carbocycles. The molecule has 0 aliphatic carbocycles. The molecule has 17 heavy (non-hydrogen) atoms. The molecule has 0 N–H and O–H groups in total. The van der Waals surface area contributed by atoms with E-state index in [0.717, 1.165) is 0 Å². The first-order chi connectivity index (χ1) is 8.35. The first-order valence-corrected chi connectivity index (χ1v) is 8.07. The van der Waals surface area contributed by atoms with Gasteiger partial charge in [0.2, 0.25) is 0 Å². The van der Waals surface area contributed by atoms with Crippen LogP contribution in [0, 0.1) is 0 Å². The molecule has 0 amide bonds. The summed E-state index contributed by atoms with van der Waals surface area (Å²) >= 11 is 0. The number of unbranched alkanes of at least 4 members (excludes halogenated alkanes) is 2. The molecule has 1 aliphatic heterocycles. The zero-order valence-corrected chi connectivity index (χ0v) is 13.8. The van der Waals surface area contributed by atoms with Gasteiger partial charge in [0.05, 0.1) is 0 Å². The first kappa shape index (κ1) is 22.2. The molecule has 0 bridgehead atoms. The number of nitrogens with zero attached hydrogens (tertiary/aromatic N) is 1. The standard InChI is InChI=1S/C8H17N.C4H10.2C2H6/c1-2-3-6-9-7-4-5-8-9;1-3-4-2;2*1-2/h2-8H2,1H3;3-4H2,1-2H3;2*1-2H3. The number of likely N-dealkylation sites (tertiary alicyclic amines) is 1. The summed E-state index contributed by atoms with van der Waals surface area (Å²) in [6.45, 7) is 18.7. The lowest BCUT2D eigenvalue weighted by atomic mass is 10.3. The van der Waals surface area contributed by atoms with Crippen LogP contribution in [0.2, 0.25) is 0 Å². The van der Waals surface area contributed by atoms with Crippen LogP contribution in [0.3, 0.4) is 0 Å². The highest BCUT2D eigenvalue weighted by Gasteiger charge is 2.08. The van der Waals surface area contributed by atoms with Crippen molar-refractivity contribution in [1.82, 2.24) is 4.90 Å². The SMILES string of the molecule is CC.CC.CCCC.CCCCN1CCCC1. The van der Waals surface area contributed by atoms with Crippen LogP contribution in [-0.4, -0.2) is 24.5 Å². The number of hydrogen-bond acceptors (Lipinski definition) is 1. The van der Waals surface area contributed by atoms with Gasteiger partial charge in [-0.15, -0.1) is 0 Å². The molecule has 1 saturated heterocycles. The molecular formula is C16H39N. The molecular weight excluding hydrogens is 206 g/mol. The Morgan fingerprint density at radius 2 is 1.12 bits per heavy atom. The van der Waals surface area contributed by atoms with Crippen LogP contribution in [0.15, 0.2) is 0 Å². The van der Waals surface area contributed by atoms with Crippen molar-refractivity contribution in [2.45, 2.75) is 87.0 Å². The van der Waals surface area contributed by atoms with Gasteiger partial charge in [0.25, 0.3) is 0 Å². The molecule has 0 aromatic carbocycles. The van der Waals surface area contributed by atoms with Gasteiger partial charge in [-0.1, -0.05) is 67.7 Å². The second-order valence-corrected chi connectivity index (χ2v) is 3.90. The van der Waals surface area contributed by atoms with Crippen molar-refractivity contribution in [1.29, 1.82) is 0 Å². The Morgan fingerprint density at radius 3 is 1.41 bits per heavy atom. The van der Waals surface area contributed by atoms with Gasteiger partial charge in [-0.3, -0.25) is 0 Å². The molecule has 1 heteroatoms. The topological polar surface area (TPSA) is 3.24 Å². The minimum absolute atomic E-state index is 1.32. The average molecular weight is 245 g/mol. The average Bonchev–Trinajstić information content (AvgIpc) is 2.94. The van der Waals surface area contributed by atoms with Crippen LogP contribution in [0.1, 0.15) is 87.0 Å². The molecule has 0 aromatic heterocycles. The monoisotopic (exact) mass is 245 g/mol. The summed E-state index contributed by atoms with van der Waals surface area (Å²) in [5.41, 5.74) is 0. The molecule has 1 rings (SSSR count). The van der Waals surface area contributed by atoms with Crippen molar-refractivity contribution in [2.24, 2.45) is 0 Å². The number of hydrogen-bond donors (Lipinski definition) is 0. The van der Waals surface area contributed by atoms with E-state index in [1.807, 2.05) is 27.7 Å². The van der Waals surface area contributed by atoms with Gasteiger partial charge in [-0.2, -0.15) is 0 Å². The Labute approximate surface area is 112 Å². The van der Waals surface area contributed by atoms with Crippen molar-refractivity contribution in [3.05, 3.63) is 0 Å². The van der Waals surface area contributed by atoms with Gasteiger partial charge in [0.15, 0.2) is 0 Å². The third-order valence-electron chi connectivity index (χ3n) is 2.53. The van der Waals surface area contributed by atoms with E-state index in [4.69, 9.17) is 0 Å². The first-order valence-electron chi connectivity index (χ1n) is 8.07. The molecule has 1 heterocycles. The molecule has 0 atom stereocenters. The molecule has 1 nitrogen and oxygen atoms in total. The largest absolute Gasteiger partial charge is 0.303 e. The van der Waals surface area contributed by atoms with E-state index >= 15 is 0 Å². The highest BCUT2D eigenvalue weighted by molar-refractivity contribution is 4.64. The summed E-state index contributed by atoms with van der Waals surface area (Å²) < 4.78 is 0. The van der Waals surface area contributed by atoms with E-state index in [0.29, 0.717) is 0 Å². The predicted octanol–water partition coefficient (Wildman–Crippen LogP) is 5.74. The summed E-state index contributed by atoms with van der Waals surface area (Å²) in [6, 6.07) is 0. The third kappa shape index (κ3) is 21.7. The fourth-order valence-corrected chi connectivity index (χ4v) is 1.39. The van der Waals surface area contributed by atoms with Crippen LogP contribution in [0.25, 0.3) is 0 Å². The van der Waals surface area contributed by atoms with Crippen molar-refractivity contribution in [3.8, 4) is 0 Å². The zero-order valence-electron chi connectivity index (χ0n) is 13.8.